The van der Waals surface area contributed by atoms with Crippen LogP contribution in [0, 0.1) is 0 Å². The summed E-state index contributed by atoms with van der Waals surface area (Å²) in [6.45, 7) is 1.20. The molecular formula is C38H45N9O8. The van der Waals surface area contributed by atoms with E-state index in [-0.39, 0.29) is 54.8 Å². The van der Waals surface area contributed by atoms with Gasteiger partial charge in [-0.15, -0.1) is 0 Å². The van der Waals surface area contributed by atoms with Crippen molar-refractivity contribution >= 4 is 58.5 Å². The molecule has 3 aromatic heterocycles. The molecule has 0 saturated carbocycles. The van der Waals surface area contributed by atoms with Crippen LogP contribution < -0.4 is 30.7 Å². The number of aromatic nitrogens is 3. The second-order valence-electron chi connectivity index (χ2n) is 13.4. The standard InChI is InChI=1S/C38H45N9O8/c1-44-21-24(15-29(44)35(50)39-10-7-12-48)42-37(52)31-16-25(22-46(31)3)43-36(51)30-14-23(20-45(30)2)41-34(49)9-6-13-55-33-18-28-27(17-32(33)54-4)38(53)47-11-5-8-26(47)19-40-28/h14-22,26,48H,5-13H2,1-4H3,(H,39,50)(H,41,49)(H,42,52)(H,43,51). The SMILES string of the molecule is COc1cc2c(cc1OCCCC(=O)Nc1cc(C(=O)Nc3cc(C(=O)Nc4cc(C(=O)NCCCO)n(C)c4)n(C)c3)n(C)c1)N=CC1CCCN1C2=O. The van der Waals surface area contributed by atoms with E-state index in [0.717, 1.165) is 12.8 Å². The lowest BCUT2D eigenvalue weighted by Gasteiger charge is -2.20. The molecule has 0 bridgehead atoms. The van der Waals surface area contributed by atoms with Gasteiger partial charge in [0, 0.05) is 78.1 Å². The molecule has 1 aromatic carbocycles. The van der Waals surface area contributed by atoms with Crippen molar-refractivity contribution in [3.05, 3.63) is 71.6 Å². The van der Waals surface area contributed by atoms with Crippen molar-refractivity contribution in [2.45, 2.75) is 38.1 Å². The summed E-state index contributed by atoms with van der Waals surface area (Å²) in [6.07, 6.45) is 9.45. The van der Waals surface area contributed by atoms with Gasteiger partial charge in [0.25, 0.3) is 23.6 Å². The number of carbonyl (C=O) groups excluding carboxylic acids is 5. The highest BCUT2D eigenvalue weighted by molar-refractivity contribution is 6.08. The van der Waals surface area contributed by atoms with Crippen molar-refractivity contribution in [2.75, 3.05) is 49.4 Å². The van der Waals surface area contributed by atoms with Gasteiger partial charge in [-0.3, -0.25) is 29.0 Å². The summed E-state index contributed by atoms with van der Waals surface area (Å²) >= 11 is 0. The van der Waals surface area contributed by atoms with E-state index >= 15 is 0 Å². The molecule has 17 nitrogen and oxygen atoms in total. The van der Waals surface area contributed by atoms with Gasteiger partial charge in [0.15, 0.2) is 11.5 Å². The Morgan fingerprint density at radius 2 is 1.42 bits per heavy atom. The third-order valence-corrected chi connectivity index (χ3v) is 9.40. The van der Waals surface area contributed by atoms with Crippen molar-refractivity contribution < 1.29 is 38.6 Å². The Bertz CT molecular complexity index is 2150. The van der Waals surface area contributed by atoms with Crippen LogP contribution in [0.15, 0.2) is 53.9 Å². The Labute approximate surface area is 317 Å². The number of aryl methyl sites for hydroxylation is 3. The molecule has 55 heavy (non-hydrogen) atoms. The van der Waals surface area contributed by atoms with Gasteiger partial charge in [-0.05, 0) is 49.9 Å². The largest absolute Gasteiger partial charge is 0.493 e. The van der Waals surface area contributed by atoms with E-state index in [9.17, 15) is 24.0 Å². The minimum absolute atomic E-state index is 0.00923. The molecule has 2 aliphatic rings. The average Bonchev–Trinajstić information content (AvgIpc) is 3.93. The van der Waals surface area contributed by atoms with Crippen LogP contribution in [0.4, 0.5) is 22.7 Å². The molecule has 17 heteroatoms. The molecule has 0 aliphatic carbocycles. The fourth-order valence-corrected chi connectivity index (χ4v) is 6.60. The Morgan fingerprint density at radius 3 is 2.02 bits per heavy atom. The molecule has 1 fully saturated rings. The van der Waals surface area contributed by atoms with Crippen molar-refractivity contribution in [2.24, 2.45) is 26.1 Å². The third-order valence-electron chi connectivity index (χ3n) is 9.40. The number of amides is 5. The number of nitrogens with one attached hydrogen (secondary N) is 4. The predicted molar refractivity (Wildman–Crippen MR) is 205 cm³/mol. The molecule has 1 saturated heterocycles. The molecular weight excluding hydrogens is 710 g/mol. The molecule has 4 aromatic rings. The molecule has 5 amide bonds. The maximum absolute atomic E-state index is 13.2. The lowest BCUT2D eigenvalue weighted by molar-refractivity contribution is -0.116. The molecule has 5 heterocycles. The van der Waals surface area contributed by atoms with E-state index in [4.69, 9.17) is 14.6 Å². The molecule has 290 valence electrons. The summed E-state index contributed by atoms with van der Waals surface area (Å²) in [4.78, 5) is 71.1. The maximum atomic E-state index is 13.2. The maximum Gasteiger partial charge on any atom is 0.272 e. The summed E-state index contributed by atoms with van der Waals surface area (Å²) < 4.78 is 16.2. The molecule has 1 unspecified atom stereocenters. The van der Waals surface area contributed by atoms with Gasteiger partial charge >= 0.3 is 0 Å². The van der Waals surface area contributed by atoms with Crippen LogP contribution >= 0.6 is 0 Å². The minimum atomic E-state index is -0.449. The van der Waals surface area contributed by atoms with Gasteiger partial charge in [-0.2, -0.15) is 0 Å². The molecule has 0 radical (unpaired) electrons. The van der Waals surface area contributed by atoms with Gasteiger partial charge in [0.05, 0.1) is 48.1 Å². The number of fused-ring (bicyclic) bond motifs is 2. The first-order valence-corrected chi connectivity index (χ1v) is 18.0. The van der Waals surface area contributed by atoms with Crippen LogP contribution in [-0.2, 0) is 25.9 Å². The van der Waals surface area contributed by atoms with Crippen molar-refractivity contribution in [3.63, 3.8) is 0 Å². The molecule has 1 atom stereocenters. The average molecular weight is 756 g/mol. The van der Waals surface area contributed by atoms with Crippen LogP contribution in [0.25, 0.3) is 0 Å². The second-order valence-corrected chi connectivity index (χ2v) is 13.4. The molecule has 5 N–H and O–H groups in total. The van der Waals surface area contributed by atoms with E-state index in [1.54, 1.807) is 77.7 Å². The van der Waals surface area contributed by atoms with Gasteiger partial charge in [0.1, 0.15) is 17.1 Å². The number of ether oxygens (including phenoxy) is 2. The highest BCUT2D eigenvalue weighted by atomic mass is 16.5. The summed E-state index contributed by atoms with van der Waals surface area (Å²) in [5.74, 6) is -0.725. The number of benzene rings is 1. The normalized spacial score (nSPS) is 14.5. The molecule has 0 spiro atoms. The minimum Gasteiger partial charge on any atom is -0.493 e. The van der Waals surface area contributed by atoms with E-state index in [1.807, 2.05) is 11.1 Å². The molecule has 2 aliphatic heterocycles. The van der Waals surface area contributed by atoms with E-state index < -0.39 is 11.8 Å². The monoisotopic (exact) mass is 755 g/mol. The zero-order valence-electron chi connectivity index (χ0n) is 31.2. The Morgan fingerprint density at radius 1 is 0.818 bits per heavy atom. The van der Waals surface area contributed by atoms with Gasteiger partial charge in [-0.1, -0.05) is 0 Å². The van der Waals surface area contributed by atoms with Crippen LogP contribution in [0.3, 0.4) is 0 Å². The van der Waals surface area contributed by atoms with E-state index in [0.29, 0.717) is 71.4 Å². The van der Waals surface area contributed by atoms with Crippen LogP contribution in [-0.4, -0.2) is 98.9 Å². The summed E-state index contributed by atoms with van der Waals surface area (Å²) in [7, 11) is 6.54. The Balaban J connectivity index is 0.991. The lowest BCUT2D eigenvalue weighted by atomic mass is 10.1. The van der Waals surface area contributed by atoms with Gasteiger partial charge < -0.3 is 54.4 Å². The number of methoxy groups -OCH3 is 1. The Hall–Kier alpha value is -6.36. The zero-order chi connectivity index (χ0) is 39.2. The van der Waals surface area contributed by atoms with Crippen molar-refractivity contribution in [3.8, 4) is 11.5 Å². The fraction of sp³-hybridized carbons (Fsp3) is 0.368. The van der Waals surface area contributed by atoms with E-state index in [2.05, 4.69) is 26.3 Å². The van der Waals surface area contributed by atoms with E-state index in [1.165, 1.54) is 13.2 Å². The highest BCUT2D eigenvalue weighted by Crippen LogP contribution is 2.38. The summed E-state index contributed by atoms with van der Waals surface area (Å²) in [5.41, 5.74) is 3.10. The number of hydrogen-bond donors (Lipinski definition) is 5. The van der Waals surface area contributed by atoms with Crippen molar-refractivity contribution in [1.82, 2.24) is 23.9 Å². The van der Waals surface area contributed by atoms with Gasteiger partial charge in [-0.25, -0.2) is 0 Å². The topological polar surface area (TPSA) is 203 Å². The second kappa shape index (κ2) is 16.8. The molecule has 6 rings (SSSR count). The first kappa shape index (κ1) is 38.4. The zero-order valence-corrected chi connectivity index (χ0v) is 31.2. The quantitative estimate of drug-likeness (QED) is 0.114. The van der Waals surface area contributed by atoms with Crippen LogP contribution in [0.1, 0.15) is 73.9 Å². The highest BCUT2D eigenvalue weighted by Gasteiger charge is 2.32. The third kappa shape index (κ3) is 8.73. The number of aliphatic imine (C=N–C) groups is 1. The number of hydrogen-bond acceptors (Lipinski definition) is 9. The number of carbonyl (C=O) groups is 5. The Kier molecular flexibility index (Phi) is 11.7. The first-order valence-electron chi connectivity index (χ1n) is 18.0. The number of rotatable bonds is 15. The van der Waals surface area contributed by atoms with Crippen LogP contribution in [0.2, 0.25) is 0 Å². The first-order chi connectivity index (χ1) is 26.4. The van der Waals surface area contributed by atoms with Crippen molar-refractivity contribution in [1.29, 1.82) is 0 Å². The smallest absolute Gasteiger partial charge is 0.272 e. The summed E-state index contributed by atoms with van der Waals surface area (Å²) in [6, 6.07) is 7.98. The van der Waals surface area contributed by atoms with Gasteiger partial charge in [0.2, 0.25) is 5.91 Å². The number of aliphatic hydroxyl groups excluding tert-OH is 1. The van der Waals surface area contributed by atoms with Crippen LogP contribution in [0.5, 0.6) is 11.5 Å². The summed E-state index contributed by atoms with van der Waals surface area (Å²) in [5, 5.41) is 20.0. The number of nitrogens with zero attached hydrogens (tertiary/aromatic N) is 5. The lowest BCUT2D eigenvalue weighted by Crippen LogP contribution is -2.35. The number of aliphatic hydroxyl groups is 1. The number of anilines is 3. The fourth-order valence-electron chi connectivity index (χ4n) is 6.60. The predicted octanol–water partition coefficient (Wildman–Crippen LogP) is 3.45.